The van der Waals surface area contributed by atoms with Gasteiger partial charge in [0.05, 0.1) is 5.92 Å². The van der Waals surface area contributed by atoms with E-state index in [9.17, 15) is 14.4 Å². The Labute approximate surface area is 164 Å². The Hall–Kier alpha value is -3.15. The molecule has 3 rings (SSSR count). The number of nitrogens with zero attached hydrogens (tertiary/aromatic N) is 1. The van der Waals surface area contributed by atoms with Gasteiger partial charge in [0, 0.05) is 37.0 Å². The van der Waals surface area contributed by atoms with E-state index in [-0.39, 0.29) is 30.1 Å². The number of benzene rings is 2. The van der Waals surface area contributed by atoms with Crippen LogP contribution >= 0.6 is 0 Å². The van der Waals surface area contributed by atoms with Crippen molar-refractivity contribution >= 4 is 34.8 Å². The number of amides is 3. The molecule has 6 heteroatoms. The van der Waals surface area contributed by atoms with Crippen LogP contribution in [0.1, 0.15) is 38.7 Å². The molecule has 1 unspecified atom stereocenters. The number of hydrogen-bond donors (Lipinski definition) is 2. The summed E-state index contributed by atoms with van der Waals surface area (Å²) < 4.78 is 0. The van der Waals surface area contributed by atoms with Crippen LogP contribution in [0.15, 0.2) is 48.5 Å². The third-order valence-corrected chi connectivity index (χ3v) is 4.80. The maximum absolute atomic E-state index is 12.7. The van der Waals surface area contributed by atoms with Crippen LogP contribution in [0.3, 0.4) is 0 Å². The van der Waals surface area contributed by atoms with E-state index in [1.165, 1.54) is 6.92 Å². The lowest BCUT2D eigenvalue weighted by Crippen LogP contribution is -2.29. The van der Waals surface area contributed by atoms with Crippen molar-refractivity contribution in [3.8, 4) is 0 Å². The molecule has 2 aromatic rings. The van der Waals surface area contributed by atoms with E-state index in [1.807, 2.05) is 24.3 Å². The molecular formula is C22H25N3O3. The van der Waals surface area contributed by atoms with Gasteiger partial charge in [-0.1, -0.05) is 38.1 Å². The van der Waals surface area contributed by atoms with Crippen LogP contribution in [0.2, 0.25) is 0 Å². The fourth-order valence-electron chi connectivity index (χ4n) is 3.46. The Bertz CT molecular complexity index is 907. The second-order valence-corrected chi connectivity index (χ2v) is 7.37. The van der Waals surface area contributed by atoms with E-state index in [2.05, 4.69) is 24.5 Å². The van der Waals surface area contributed by atoms with Gasteiger partial charge in [-0.3, -0.25) is 14.4 Å². The van der Waals surface area contributed by atoms with Crippen molar-refractivity contribution in [1.82, 2.24) is 0 Å². The highest BCUT2D eigenvalue weighted by Crippen LogP contribution is 2.32. The predicted molar refractivity (Wildman–Crippen MR) is 110 cm³/mol. The van der Waals surface area contributed by atoms with E-state index in [1.54, 1.807) is 29.2 Å². The lowest BCUT2D eigenvalue weighted by Gasteiger charge is -2.22. The molecule has 1 saturated heterocycles. The number of rotatable bonds is 5. The predicted octanol–water partition coefficient (Wildman–Crippen LogP) is 3.76. The van der Waals surface area contributed by atoms with Gasteiger partial charge < -0.3 is 15.5 Å². The maximum atomic E-state index is 12.7. The molecule has 28 heavy (non-hydrogen) atoms. The van der Waals surface area contributed by atoms with Crippen LogP contribution in [0.25, 0.3) is 0 Å². The van der Waals surface area contributed by atoms with E-state index < -0.39 is 5.92 Å². The summed E-state index contributed by atoms with van der Waals surface area (Å²) >= 11 is 0. The van der Waals surface area contributed by atoms with Crippen LogP contribution in [0.4, 0.5) is 17.1 Å². The first kappa shape index (κ1) is 19.6. The van der Waals surface area contributed by atoms with Gasteiger partial charge in [-0.05, 0) is 35.7 Å². The molecule has 2 aromatic carbocycles. The van der Waals surface area contributed by atoms with Gasteiger partial charge in [0.25, 0.3) is 0 Å². The number of hydrogen-bond acceptors (Lipinski definition) is 3. The third-order valence-electron chi connectivity index (χ3n) is 4.80. The first-order valence-corrected chi connectivity index (χ1v) is 9.43. The van der Waals surface area contributed by atoms with Gasteiger partial charge in [0.2, 0.25) is 17.7 Å². The summed E-state index contributed by atoms with van der Waals surface area (Å²) in [5, 5.41) is 5.55. The Morgan fingerprint density at radius 2 is 1.71 bits per heavy atom. The first-order chi connectivity index (χ1) is 13.3. The molecule has 0 radical (unpaired) electrons. The summed E-state index contributed by atoms with van der Waals surface area (Å²) in [6.45, 7) is 5.97. The average molecular weight is 379 g/mol. The summed E-state index contributed by atoms with van der Waals surface area (Å²) in [5.74, 6) is -0.548. The van der Waals surface area contributed by atoms with Crippen molar-refractivity contribution in [1.29, 1.82) is 0 Å². The van der Waals surface area contributed by atoms with Crippen LogP contribution in [-0.4, -0.2) is 24.3 Å². The molecule has 0 aromatic heterocycles. The second-order valence-electron chi connectivity index (χ2n) is 7.37. The van der Waals surface area contributed by atoms with Gasteiger partial charge >= 0.3 is 0 Å². The molecule has 3 amide bonds. The monoisotopic (exact) mass is 379 g/mol. The normalized spacial score (nSPS) is 16.4. The van der Waals surface area contributed by atoms with E-state index in [0.717, 1.165) is 11.3 Å². The van der Waals surface area contributed by atoms with Crippen LogP contribution in [-0.2, 0) is 14.4 Å². The van der Waals surface area contributed by atoms with Crippen molar-refractivity contribution in [2.75, 3.05) is 22.1 Å². The minimum atomic E-state index is -0.419. The highest BCUT2D eigenvalue weighted by Gasteiger charge is 2.36. The number of carbonyl (C=O) groups is 3. The minimum absolute atomic E-state index is 0.0414. The zero-order chi connectivity index (χ0) is 20.3. The summed E-state index contributed by atoms with van der Waals surface area (Å²) in [4.78, 5) is 38.2. The standard InChI is InChI=1S/C22H25N3O3/c1-14(2)19-9-4-5-10-20(19)25-13-16(11-21(25)27)22(28)24-18-8-6-7-17(12-18)23-15(3)26/h4-10,12,14,16H,11,13H2,1-3H3,(H,23,26)(H,24,28). The van der Waals surface area contributed by atoms with Crippen LogP contribution in [0.5, 0.6) is 0 Å². The fraction of sp³-hybridized carbons (Fsp3) is 0.318. The molecule has 0 spiro atoms. The Morgan fingerprint density at radius 3 is 2.39 bits per heavy atom. The molecular weight excluding hydrogens is 354 g/mol. The molecule has 1 heterocycles. The Morgan fingerprint density at radius 1 is 1.04 bits per heavy atom. The minimum Gasteiger partial charge on any atom is -0.326 e. The lowest BCUT2D eigenvalue weighted by atomic mass is 10.0. The lowest BCUT2D eigenvalue weighted by molar-refractivity contribution is -0.122. The molecule has 146 valence electrons. The average Bonchev–Trinajstić information content (AvgIpc) is 3.03. The molecule has 0 bridgehead atoms. The third kappa shape index (κ3) is 4.39. The number of carbonyl (C=O) groups excluding carboxylic acids is 3. The van der Waals surface area contributed by atoms with Gasteiger partial charge in [0.15, 0.2) is 0 Å². The first-order valence-electron chi connectivity index (χ1n) is 9.43. The number of nitrogens with one attached hydrogen (secondary N) is 2. The van der Waals surface area contributed by atoms with Gasteiger partial charge in [-0.25, -0.2) is 0 Å². The largest absolute Gasteiger partial charge is 0.326 e. The zero-order valence-electron chi connectivity index (χ0n) is 16.4. The molecule has 0 aliphatic carbocycles. The van der Waals surface area contributed by atoms with Crippen LogP contribution in [0, 0.1) is 5.92 Å². The van der Waals surface area contributed by atoms with Gasteiger partial charge in [0.1, 0.15) is 0 Å². The molecule has 6 nitrogen and oxygen atoms in total. The van der Waals surface area contributed by atoms with E-state index in [4.69, 9.17) is 0 Å². The molecule has 2 N–H and O–H groups in total. The fourth-order valence-corrected chi connectivity index (χ4v) is 3.46. The van der Waals surface area contributed by atoms with Gasteiger partial charge in [-0.2, -0.15) is 0 Å². The molecule has 1 aliphatic rings. The van der Waals surface area contributed by atoms with Crippen molar-refractivity contribution in [2.24, 2.45) is 5.92 Å². The highest BCUT2D eigenvalue weighted by molar-refractivity contribution is 6.04. The summed E-state index contributed by atoms with van der Waals surface area (Å²) in [6, 6.07) is 14.8. The van der Waals surface area contributed by atoms with Crippen molar-refractivity contribution in [2.45, 2.75) is 33.1 Å². The SMILES string of the molecule is CC(=O)Nc1cccc(NC(=O)C2CC(=O)N(c3ccccc3C(C)C)C2)c1. The summed E-state index contributed by atoms with van der Waals surface area (Å²) in [5.41, 5.74) is 3.18. The smallest absolute Gasteiger partial charge is 0.229 e. The zero-order valence-corrected chi connectivity index (χ0v) is 16.4. The Kier molecular flexibility index (Phi) is 5.78. The second kappa shape index (κ2) is 8.25. The topological polar surface area (TPSA) is 78.5 Å². The van der Waals surface area contributed by atoms with Crippen molar-refractivity contribution < 1.29 is 14.4 Å². The van der Waals surface area contributed by atoms with E-state index >= 15 is 0 Å². The summed E-state index contributed by atoms with van der Waals surface area (Å²) in [6.07, 6.45) is 0.184. The highest BCUT2D eigenvalue weighted by atomic mass is 16.2. The molecule has 1 fully saturated rings. The number of para-hydroxylation sites is 1. The van der Waals surface area contributed by atoms with Crippen molar-refractivity contribution in [3.63, 3.8) is 0 Å². The van der Waals surface area contributed by atoms with Gasteiger partial charge in [-0.15, -0.1) is 0 Å². The van der Waals surface area contributed by atoms with Crippen molar-refractivity contribution in [3.05, 3.63) is 54.1 Å². The molecule has 1 aliphatic heterocycles. The van der Waals surface area contributed by atoms with Crippen LogP contribution < -0.4 is 15.5 Å². The molecule has 0 saturated carbocycles. The van der Waals surface area contributed by atoms with E-state index in [0.29, 0.717) is 17.9 Å². The summed E-state index contributed by atoms with van der Waals surface area (Å²) in [7, 11) is 0. The number of anilines is 3. The maximum Gasteiger partial charge on any atom is 0.229 e. The molecule has 1 atom stereocenters. The quantitative estimate of drug-likeness (QED) is 0.830. The Balaban J connectivity index is 1.72.